The van der Waals surface area contributed by atoms with Gasteiger partial charge in [-0.15, -0.1) is 114 Å². The summed E-state index contributed by atoms with van der Waals surface area (Å²) in [5.74, 6) is 3.55. The van der Waals surface area contributed by atoms with Crippen LogP contribution in [0.3, 0.4) is 0 Å². The predicted molar refractivity (Wildman–Crippen MR) is 314 cm³/mol. The monoisotopic (exact) mass is 1390 g/mol. The van der Waals surface area contributed by atoms with Crippen molar-refractivity contribution in [2.24, 2.45) is 7.05 Å². The van der Waals surface area contributed by atoms with Crippen molar-refractivity contribution in [3.63, 3.8) is 0 Å². The van der Waals surface area contributed by atoms with Crippen molar-refractivity contribution >= 4 is 0 Å². The zero-order valence-electron chi connectivity index (χ0n) is 46.0. The van der Waals surface area contributed by atoms with E-state index < -0.39 is 0 Å². The van der Waals surface area contributed by atoms with Gasteiger partial charge in [-0.05, 0) is 87.5 Å². The van der Waals surface area contributed by atoms with Crippen molar-refractivity contribution in [3.05, 3.63) is 277 Å². The van der Waals surface area contributed by atoms with Gasteiger partial charge in [0.05, 0.1) is 30.3 Å². The van der Waals surface area contributed by atoms with Crippen LogP contribution >= 0.6 is 0 Å². The summed E-state index contributed by atoms with van der Waals surface area (Å²) in [6.07, 6.45) is 18.1. The van der Waals surface area contributed by atoms with E-state index in [0.29, 0.717) is 6.61 Å². The number of ether oxygens (including phenoxy) is 1. The molecular formula is C68H64Ir2N8O-4. The minimum absolute atomic E-state index is 0. The third-order valence-corrected chi connectivity index (χ3v) is 12.4. The smallest absolute Gasteiger partial charge is 0.0961 e. The molecule has 0 spiro atoms. The number of hydrogen-bond donors (Lipinski definition) is 0. The van der Waals surface area contributed by atoms with Gasteiger partial charge >= 0.3 is 0 Å². The number of aryl methyl sites for hydroxylation is 7. The van der Waals surface area contributed by atoms with Crippen LogP contribution < -0.4 is 4.74 Å². The average molecular weight is 1390 g/mol. The van der Waals surface area contributed by atoms with Crippen LogP contribution in [0.5, 0.6) is 5.75 Å². The molecule has 0 unspecified atom stereocenters. The maximum absolute atomic E-state index is 5.65. The summed E-state index contributed by atoms with van der Waals surface area (Å²) in [5.41, 5.74) is 18.3. The van der Waals surface area contributed by atoms with E-state index in [2.05, 4.69) is 151 Å². The normalized spacial score (nSPS) is 10.3. The number of rotatable bonds is 12. The molecule has 0 atom stereocenters. The number of allylic oxidation sites excluding steroid dienone is 1. The van der Waals surface area contributed by atoms with E-state index >= 15 is 0 Å². The zero-order chi connectivity index (χ0) is 54.3. The van der Waals surface area contributed by atoms with Crippen molar-refractivity contribution in [2.75, 3.05) is 6.61 Å². The molecule has 0 aliphatic heterocycles. The minimum Gasteiger partial charge on any atom is -0.532 e. The molecule has 11 heteroatoms. The van der Waals surface area contributed by atoms with Crippen LogP contribution in [0.25, 0.3) is 62.4 Å². The van der Waals surface area contributed by atoms with Crippen molar-refractivity contribution < 1.29 is 44.9 Å². The average Bonchev–Trinajstić information content (AvgIpc) is 4.31. The van der Waals surface area contributed by atoms with E-state index in [0.717, 1.165) is 63.2 Å². The third-order valence-electron chi connectivity index (χ3n) is 12.4. The van der Waals surface area contributed by atoms with Crippen molar-refractivity contribution in [3.8, 4) is 68.1 Å². The fraction of sp³-hybridized carbons (Fsp3) is 0.147. The largest absolute Gasteiger partial charge is 0.532 e. The van der Waals surface area contributed by atoms with Gasteiger partial charge in [0.1, 0.15) is 0 Å². The zero-order valence-corrected chi connectivity index (χ0v) is 50.7. The molecule has 9 nitrogen and oxygen atoms in total. The molecular weight excluding hydrogens is 1330 g/mol. The van der Waals surface area contributed by atoms with E-state index in [-0.39, 0.29) is 40.2 Å². The SMILES string of the molecule is C=C(C)COc1c[c-]c(-c2nccn2-c2c(C)cc(C)cc2C)cc1.C=CCc1c[c-]c(-n2cc(-c3ccccc3)cn2)cc1.Cc1cc(C)c(-n2ccnc2-c2[c-]cccc2)c(C)c1.Cn1ccnc1-c1[c-]cccc1.[Ir].[Ir]. The van der Waals surface area contributed by atoms with Crippen LogP contribution in [0.15, 0.2) is 214 Å². The Labute approximate surface area is 493 Å². The van der Waals surface area contributed by atoms with Gasteiger partial charge in [0, 0.05) is 113 Å². The van der Waals surface area contributed by atoms with Crippen LogP contribution in [0.2, 0.25) is 0 Å². The molecule has 2 radical (unpaired) electrons. The fourth-order valence-corrected chi connectivity index (χ4v) is 9.13. The fourth-order valence-electron chi connectivity index (χ4n) is 9.13. The molecule has 11 aromatic rings. The van der Waals surface area contributed by atoms with Crippen LogP contribution in [0, 0.1) is 65.8 Å². The molecule has 404 valence electrons. The van der Waals surface area contributed by atoms with Gasteiger partial charge in [0.2, 0.25) is 0 Å². The molecule has 0 amide bonds. The van der Waals surface area contributed by atoms with Gasteiger partial charge < -0.3 is 18.4 Å². The first kappa shape index (κ1) is 60.2. The van der Waals surface area contributed by atoms with Crippen LogP contribution in [0.1, 0.15) is 45.9 Å². The standard InChI is InChI=1S/C22H23N2O.C18H17N2.C18H15N2.C10H9N2.2Ir/c1-15(2)14-25-20-8-6-19(7-9-20)22-23-10-11-24(22)21-17(4)12-16(3)13-18(21)5;1-13-11-14(2)17(15(3)12-13)20-10-9-19-18(20)16-7-5-4-6-8-16;1-2-6-15-9-11-18(12-10-15)20-14-17(13-19-20)16-7-4-3-5-8-16;1-12-8-7-11-10(12)9-5-3-2-4-6-9;;/h6,8-13H,1,14H2,2-5H3;4-7,9-12H,1-3H3;2-5,7-11,13-14H,1,6H2;2-5,7-8H,1H3;;/q4*-1;;. The molecule has 11 rings (SSSR count). The van der Waals surface area contributed by atoms with Crippen LogP contribution in [0.4, 0.5) is 0 Å². The molecule has 0 aliphatic carbocycles. The van der Waals surface area contributed by atoms with Gasteiger partial charge in [-0.1, -0.05) is 84.8 Å². The number of hydrogen-bond acceptors (Lipinski definition) is 5. The van der Waals surface area contributed by atoms with Crippen molar-refractivity contribution in [1.82, 2.24) is 38.4 Å². The molecule has 79 heavy (non-hydrogen) atoms. The Hall–Kier alpha value is -8.04. The molecule has 0 aliphatic rings. The van der Waals surface area contributed by atoms with Crippen molar-refractivity contribution in [1.29, 1.82) is 0 Å². The quantitative estimate of drug-likeness (QED) is 0.0899. The Balaban J connectivity index is 0.000000173. The topological polar surface area (TPSA) is 80.5 Å². The van der Waals surface area contributed by atoms with Crippen LogP contribution in [-0.4, -0.2) is 45.0 Å². The van der Waals surface area contributed by atoms with E-state index in [1.807, 2.05) is 170 Å². The second-order valence-corrected chi connectivity index (χ2v) is 18.9. The van der Waals surface area contributed by atoms with Gasteiger partial charge in [0.15, 0.2) is 0 Å². The molecule has 7 aromatic carbocycles. The maximum atomic E-state index is 5.65. The number of aromatic nitrogens is 8. The molecule has 0 N–H and O–H groups in total. The summed E-state index contributed by atoms with van der Waals surface area (Å²) in [6.45, 7) is 22.9. The number of nitrogens with zero attached hydrogens (tertiary/aromatic N) is 8. The first-order valence-corrected chi connectivity index (χ1v) is 25.5. The Morgan fingerprint density at radius 3 is 1.58 bits per heavy atom. The van der Waals surface area contributed by atoms with E-state index in [9.17, 15) is 0 Å². The summed E-state index contributed by atoms with van der Waals surface area (Å²) in [4.78, 5) is 13.3. The summed E-state index contributed by atoms with van der Waals surface area (Å²) in [5, 5.41) is 4.40. The Morgan fingerprint density at radius 1 is 0.582 bits per heavy atom. The van der Waals surface area contributed by atoms with E-state index in [1.54, 1.807) is 6.20 Å². The summed E-state index contributed by atoms with van der Waals surface area (Å²) >= 11 is 0. The van der Waals surface area contributed by atoms with Gasteiger partial charge in [-0.25, -0.2) is 0 Å². The predicted octanol–water partition coefficient (Wildman–Crippen LogP) is 15.4. The molecule has 0 saturated heterocycles. The number of benzene rings is 7. The summed E-state index contributed by atoms with van der Waals surface area (Å²) < 4.78 is 13.8. The van der Waals surface area contributed by atoms with Crippen LogP contribution in [-0.2, 0) is 53.7 Å². The van der Waals surface area contributed by atoms with Gasteiger partial charge in [0.25, 0.3) is 0 Å². The van der Waals surface area contributed by atoms with E-state index in [1.165, 1.54) is 55.9 Å². The Bertz CT molecular complexity index is 3620. The Kier molecular flexibility index (Phi) is 22.2. The van der Waals surface area contributed by atoms with E-state index in [4.69, 9.17) is 4.74 Å². The molecule has 4 heterocycles. The second kappa shape index (κ2) is 29.1. The first-order valence-electron chi connectivity index (χ1n) is 25.5. The molecule has 4 aromatic heterocycles. The second-order valence-electron chi connectivity index (χ2n) is 18.9. The van der Waals surface area contributed by atoms with Gasteiger partial charge in [-0.2, -0.15) is 28.9 Å². The Morgan fingerprint density at radius 2 is 1.11 bits per heavy atom. The summed E-state index contributed by atoms with van der Waals surface area (Å²) in [7, 11) is 1.98. The number of imidazole rings is 3. The third kappa shape index (κ3) is 15.8. The molecule has 0 saturated carbocycles. The van der Waals surface area contributed by atoms with Gasteiger partial charge in [-0.3, -0.25) is 19.6 Å². The molecule has 0 fully saturated rings. The summed E-state index contributed by atoms with van der Waals surface area (Å²) in [6, 6.07) is 59.6. The van der Waals surface area contributed by atoms with Crippen molar-refractivity contribution in [2.45, 2.75) is 54.9 Å². The minimum atomic E-state index is 0. The first-order chi connectivity index (χ1) is 37.4. The molecule has 0 bridgehead atoms. The maximum Gasteiger partial charge on any atom is 0.0961 e.